The summed E-state index contributed by atoms with van der Waals surface area (Å²) in [5, 5.41) is 22.8. The largest absolute Gasteiger partial charge is 0.490 e. The minimum atomic E-state index is -0.653. The third-order valence-corrected chi connectivity index (χ3v) is 2.86. The Morgan fingerprint density at radius 1 is 1.38 bits per heavy atom. The summed E-state index contributed by atoms with van der Waals surface area (Å²) in [5.41, 5.74) is 1.36. The summed E-state index contributed by atoms with van der Waals surface area (Å²) in [7, 11) is 0. The molecule has 0 saturated carbocycles. The van der Waals surface area contributed by atoms with Gasteiger partial charge in [0.15, 0.2) is 0 Å². The number of aromatic nitrogens is 6. The first kappa shape index (κ1) is 13.2. The molecule has 0 N–H and O–H groups in total. The van der Waals surface area contributed by atoms with Crippen LogP contribution in [0.1, 0.15) is 5.69 Å². The van der Waals surface area contributed by atoms with Gasteiger partial charge in [-0.25, -0.2) is 4.68 Å². The molecule has 21 heavy (non-hydrogen) atoms. The fourth-order valence-electron chi connectivity index (χ4n) is 1.73. The van der Waals surface area contributed by atoms with Crippen molar-refractivity contribution in [3.8, 4) is 5.69 Å². The maximum atomic E-state index is 10.5. The number of benzene rings is 1. The minimum Gasteiger partial charge on any atom is -0.390 e. The van der Waals surface area contributed by atoms with Crippen LogP contribution in [0.5, 0.6) is 0 Å². The highest BCUT2D eigenvalue weighted by Gasteiger charge is 2.14. The minimum absolute atomic E-state index is 0.238. The monoisotopic (exact) mass is 305 g/mol. The molecule has 0 amide bonds. The first-order valence-electron chi connectivity index (χ1n) is 5.83. The predicted octanol–water partition coefficient (Wildman–Crippen LogP) is 1.47. The smallest absolute Gasteiger partial charge is 0.390 e. The summed E-state index contributed by atoms with van der Waals surface area (Å²) >= 11 is 5.92. The van der Waals surface area contributed by atoms with Crippen molar-refractivity contribution in [2.75, 3.05) is 0 Å². The predicted molar refractivity (Wildman–Crippen MR) is 72.1 cm³/mol. The molecule has 3 aromatic rings. The molecule has 0 aliphatic carbocycles. The molecule has 0 unspecified atom stereocenters. The Hall–Kier alpha value is -2.81. The van der Waals surface area contributed by atoms with Gasteiger partial charge in [0.1, 0.15) is 12.2 Å². The van der Waals surface area contributed by atoms with E-state index in [0.717, 1.165) is 5.69 Å². The zero-order valence-electron chi connectivity index (χ0n) is 10.5. The van der Waals surface area contributed by atoms with Gasteiger partial charge in [0.25, 0.3) is 0 Å². The van der Waals surface area contributed by atoms with E-state index >= 15 is 0 Å². The highest BCUT2D eigenvalue weighted by Crippen LogP contribution is 2.14. The van der Waals surface area contributed by atoms with Crippen molar-refractivity contribution in [2.24, 2.45) is 0 Å². The van der Waals surface area contributed by atoms with Gasteiger partial charge in [0, 0.05) is 10.1 Å². The summed E-state index contributed by atoms with van der Waals surface area (Å²) in [6.45, 7) is 0.238. The van der Waals surface area contributed by atoms with Crippen LogP contribution >= 0.6 is 11.6 Å². The molecule has 0 fully saturated rings. The van der Waals surface area contributed by atoms with Crippen molar-refractivity contribution in [3.05, 3.63) is 57.6 Å². The van der Waals surface area contributed by atoms with Crippen LogP contribution < -0.4 is 0 Å². The van der Waals surface area contributed by atoms with Crippen molar-refractivity contribution in [2.45, 2.75) is 6.54 Å². The number of nitrogens with zero attached hydrogens (tertiary/aromatic N) is 7. The Bertz CT molecular complexity index is 797. The average Bonchev–Trinajstić information content (AvgIpc) is 3.08. The van der Waals surface area contributed by atoms with Crippen LogP contribution in [-0.2, 0) is 6.54 Å². The normalized spacial score (nSPS) is 10.7. The lowest BCUT2D eigenvalue weighted by atomic mass is 10.3. The molecule has 0 spiro atoms. The van der Waals surface area contributed by atoms with Gasteiger partial charge in [-0.3, -0.25) is 0 Å². The molecule has 106 valence electrons. The maximum absolute atomic E-state index is 10.5. The number of hydrogen-bond donors (Lipinski definition) is 0. The van der Waals surface area contributed by atoms with Gasteiger partial charge in [-0.1, -0.05) is 27.9 Å². The van der Waals surface area contributed by atoms with E-state index in [1.807, 2.05) is 6.07 Å². The molecular formula is C11H8ClN7O2. The van der Waals surface area contributed by atoms with Crippen LogP contribution in [0.25, 0.3) is 5.69 Å². The van der Waals surface area contributed by atoms with E-state index < -0.39 is 10.9 Å². The van der Waals surface area contributed by atoms with Gasteiger partial charge in [0.2, 0.25) is 6.33 Å². The van der Waals surface area contributed by atoms with Crippen LogP contribution in [0.2, 0.25) is 5.02 Å². The highest BCUT2D eigenvalue weighted by atomic mass is 35.5. The lowest BCUT2D eigenvalue weighted by molar-refractivity contribution is -0.394. The molecule has 0 saturated heterocycles. The van der Waals surface area contributed by atoms with E-state index in [1.165, 1.54) is 11.0 Å². The summed E-state index contributed by atoms with van der Waals surface area (Å²) in [4.78, 5) is 13.4. The number of hydrogen-bond acceptors (Lipinski definition) is 6. The Balaban J connectivity index is 1.80. The van der Waals surface area contributed by atoms with Gasteiger partial charge < -0.3 is 10.1 Å². The van der Waals surface area contributed by atoms with E-state index in [0.29, 0.717) is 10.7 Å². The Morgan fingerprint density at radius 2 is 2.24 bits per heavy atom. The number of nitro groups is 1. The van der Waals surface area contributed by atoms with E-state index in [2.05, 4.69) is 20.4 Å². The maximum Gasteiger partial charge on any atom is 0.490 e. The van der Waals surface area contributed by atoms with E-state index in [1.54, 1.807) is 29.1 Å². The van der Waals surface area contributed by atoms with Crippen molar-refractivity contribution in [1.82, 2.24) is 29.8 Å². The molecular weight excluding hydrogens is 298 g/mol. The first-order valence-corrected chi connectivity index (χ1v) is 6.20. The lowest BCUT2D eigenvalue weighted by Crippen LogP contribution is -2.01. The SMILES string of the molecule is O=[N+]([O-])c1ncn(Cc2cn(-c3cccc(Cl)c3)nn2)n1. The molecule has 3 rings (SSSR count). The second kappa shape index (κ2) is 5.29. The van der Waals surface area contributed by atoms with E-state index in [4.69, 9.17) is 11.6 Å². The zero-order valence-corrected chi connectivity index (χ0v) is 11.3. The Morgan fingerprint density at radius 3 is 2.95 bits per heavy atom. The first-order chi connectivity index (χ1) is 10.1. The molecule has 2 aromatic heterocycles. The number of rotatable bonds is 4. The van der Waals surface area contributed by atoms with Crippen LogP contribution in [-0.4, -0.2) is 34.7 Å². The van der Waals surface area contributed by atoms with Gasteiger partial charge >= 0.3 is 5.95 Å². The molecule has 0 bridgehead atoms. The second-order valence-corrected chi connectivity index (χ2v) is 4.57. The lowest BCUT2D eigenvalue weighted by Gasteiger charge is -1.99. The highest BCUT2D eigenvalue weighted by molar-refractivity contribution is 6.30. The summed E-state index contributed by atoms with van der Waals surface area (Å²) in [6.07, 6.45) is 2.97. The van der Waals surface area contributed by atoms with Gasteiger partial charge in [-0.2, -0.15) is 4.68 Å². The number of halogens is 1. The third kappa shape index (κ3) is 2.87. The van der Waals surface area contributed by atoms with Crippen molar-refractivity contribution in [3.63, 3.8) is 0 Å². The summed E-state index contributed by atoms with van der Waals surface area (Å²) in [5.74, 6) is -0.447. The fourth-order valence-corrected chi connectivity index (χ4v) is 1.91. The molecule has 1 aromatic carbocycles. The molecule has 0 radical (unpaired) electrons. The quantitative estimate of drug-likeness (QED) is 0.534. The van der Waals surface area contributed by atoms with Gasteiger partial charge in [0.05, 0.1) is 11.9 Å². The van der Waals surface area contributed by atoms with E-state index in [9.17, 15) is 10.1 Å². The van der Waals surface area contributed by atoms with Crippen LogP contribution in [0, 0.1) is 10.1 Å². The molecule has 0 aliphatic heterocycles. The van der Waals surface area contributed by atoms with Crippen LogP contribution in [0.15, 0.2) is 36.8 Å². The van der Waals surface area contributed by atoms with Crippen molar-refractivity contribution in [1.29, 1.82) is 0 Å². The van der Waals surface area contributed by atoms with Crippen molar-refractivity contribution < 1.29 is 4.92 Å². The zero-order chi connectivity index (χ0) is 14.8. The molecule has 0 aliphatic rings. The third-order valence-electron chi connectivity index (χ3n) is 2.63. The Kier molecular flexibility index (Phi) is 3.32. The molecule has 2 heterocycles. The van der Waals surface area contributed by atoms with Crippen molar-refractivity contribution >= 4 is 17.5 Å². The topological polar surface area (TPSA) is 105 Å². The van der Waals surface area contributed by atoms with Gasteiger partial charge in [-0.05, 0) is 23.1 Å². The molecule has 0 atom stereocenters. The van der Waals surface area contributed by atoms with E-state index in [-0.39, 0.29) is 6.54 Å². The second-order valence-electron chi connectivity index (χ2n) is 4.13. The molecule has 10 heteroatoms. The Labute approximate surface area is 122 Å². The van der Waals surface area contributed by atoms with Crippen LogP contribution in [0.3, 0.4) is 0 Å². The van der Waals surface area contributed by atoms with Crippen LogP contribution in [0.4, 0.5) is 5.95 Å². The summed E-state index contributed by atoms with van der Waals surface area (Å²) in [6, 6.07) is 7.15. The fraction of sp³-hybridized carbons (Fsp3) is 0.0909. The average molecular weight is 306 g/mol. The summed E-state index contributed by atoms with van der Waals surface area (Å²) < 4.78 is 2.89. The standard InChI is InChI=1S/C11H8ClN7O2/c12-8-2-1-3-10(4-8)18-6-9(14-16-18)5-17-7-13-11(15-17)19(20)21/h1-4,6-7H,5H2. The molecule has 9 nitrogen and oxygen atoms in total. The van der Waals surface area contributed by atoms with Gasteiger partial charge in [-0.15, -0.1) is 5.10 Å².